The van der Waals surface area contributed by atoms with Crippen molar-refractivity contribution in [3.8, 4) is 11.5 Å². The highest BCUT2D eigenvalue weighted by atomic mass is 28.4. The van der Waals surface area contributed by atoms with Crippen LogP contribution < -0.4 is 20.7 Å². The maximum Gasteiger partial charge on any atom is 0.330 e. The maximum absolute atomic E-state index is 13.1. The fourth-order valence-corrected chi connectivity index (χ4v) is 10.00. The molecule has 2 N–H and O–H groups in total. The predicted octanol–water partition coefficient (Wildman–Crippen LogP) is 5.91. The van der Waals surface area contributed by atoms with E-state index in [2.05, 4.69) is 25.8 Å². The van der Waals surface area contributed by atoms with Crippen LogP contribution in [0.2, 0.25) is 18.1 Å². The van der Waals surface area contributed by atoms with Gasteiger partial charge in [-0.3, -0.25) is 14.3 Å². The number of aromatic amines is 1. The average Bonchev–Trinajstić information content (AvgIpc) is 3.51. The molecule has 262 valence electrons. The van der Waals surface area contributed by atoms with Gasteiger partial charge in [-0.25, -0.2) is 4.79 Å². The lowest BCUT2D eigenvalue weighted by Crippen LogP contribution is -2.55. The van der Waals surface area contributed by atoms with Gasteiger partial charge in [-0.05, 0) is 66.0 Å². The van der Waals surface area contributed by atoms with Gasteiger partial charge in [-0.2, -0.15) is 0 Å². The summed E-state index contributed by atoms with van der Waals surface area (Å²) in [6.07, 6.45) is 0.109. The molecule has 4 aromatic rings. The van der Waals surface area contributed by atoms with Gasteiger partial charge in [0.1, 0.15) is 35.0 Å². The van der Waals surface area contributed by atoms with Gasteiger partial charge >= 0.3 is 5.69 Å². The summed E-state index contributed by atoms with van der Waals surface area (Å²) in [5, 5.41) is 11.3. The zero-order chi connectivity index (χ0) is 35.2. The summed E-state index contributed by atoms with van der Waals surface area (Å²) >= 11 is 0. The molecule has 1 saturated heterocycles. The van der Waals surface area contributed by atoms with Crippen LogP contribution in [0.1, 0.15) is 55.7 Å². The number of benzene rings is 3. The molecule has 0 bridgehead atoms. The number of nitrogens with zero attached hydrogens (tertiary/aromatic N) is 1. The van der Waals surface area contributed by atoms with Crippen LogP contribution >= 0.6 is 0 Å². The van der Waals surface area contributed by atoms with Crippen molar-refractivity contribution >= 4 is 8.32 Å². The van der Waals surface area contributed by atoms with E-state index < -0.39 is 43.1 Å². The minimum Gasteiger partial charge on any atom is -0.497 e. The highest BCUT2D eigenvalue weighted by Gasteiger charge is 2.55. The van der Waals surface area contributed by atoms with Gasteiger partial charge < -0.3 is 28.5 Å². The summed E-state index contributed by atoms with van der Waals surface area (Å²) in [5.74, 6) is 1.41. The third-order valence-corrected chi connectivity index (χ3v) is 14.8. The summed E-state index contributed by atoms with van der Waals surface area (Å²) in [4.78, 5) is 27.7. The number of nitrogens with one attached hydrogen (secondary N) is 1. The van der Waals surface area contributed by atoms with Crippen molar-refractivity contribution in [3.05, 3.63) is 128 Å². The van der Waals surface area contributed by atoms with Crippen LogP contribution in [-0.4, -0.2) is 62.1 Å². The molecule has 1 fully saturated rings. The Morgan fingerprint density at radius 2 is 1.41 bits per heavy atom. The van der Waals surface area contributed by atoms with E-state index in [1.165, 1.54) is 10.8 Å². The monoisotopic (exact) mass is 688 g/mol. The Morgan fingerprint density at radius 3 is 1.90 bits per heavy atom. The molecule has 0 saturated carbocycles. The first-order valence-electron chi connectivity index (χ1n) is 16.9. The number of hydrogen-bond acceptors (Lipinski definition) is 8. The number of aliphatic hydroxyl groups is 1. The summed E-state index contributed by atoms with van der Waals surface area (Å²) in [6.45, 7) is 7.70. The fourth-order valence-electron chi connectivity index (χ4n) is 6.92. The van der Waals surface area contributed by atoms with Gasteiger partial charge in [0.15, 0.2) is 8.32 Å². The number of rotatable bonds is 15. The number of aromatic nitrogens is 2. The molecule has 1 aromatic heterocycles. The first kappa shape index (κ1) is 36.3. The van der Waals surface area contributed by atoms with Crippen LogP contribution in [0, 0.1) is 6.92 Å². The van der Waals surface area contributed by atoms with Gasteiger partial charge in [0.25, 0.3) is 5.56 Å². The number of methoxy groups -OCH3 is 2. The summed E-state index contributed by atoms with van der Waals surface area (Å²) in [5.41, 5.74) is -0.405. The lowest BCUT2D eigenvalue weighted by Gasteiger charge is -2.43. The number of hydrogen-bond donors (Lipinski definition) is 2. The SMILES string of the molecule is CC[Si](CC)(CC)O[C@@]1(CO)C[C@H](n2cc(C)c(=O)[nH]c2=O)O[C@@H]1COC(c1ccccc1)(c1ccc(OC)cc1)c1ccc(OC)cc1. The average molecular weight is 689 g/mol. The number of aryl methyl sites for hydroxylation is 1. The zero-order valence-corrected chi connectivity index (χ0v) is 30.2. The zero-order valence-electron chi connectivity index (χ0n) is 29.2. The lowest BCUT2D eigenvalue weighted by molar-refractivity contribution is -0.127. The topological polar surface area (TPSA) is 121 Å². The Labute approximate surface area is 288 Å². The van der Waals surface area contributed by atoms with Crippen molar-refractivity contribution in [1.29, 1.82) is 0 Å². The molecule has 2 heterocycles. The predicted molar refractivity (Wildman–Crippen MR) is 191 cm³/mol. The summed E-state index contributed by atoms with van der Waals surface area (Å²) in [6, 6.07) is 28.0. The minimum atomic E-state index is -2.34. The highest BCUT2D eigenvalue weighted by molar-refractivity contribution is 6.73. The fraction of sp³-hybridized carbons (Fsp3) is 0.421. The molecule has 3 atom stereocenters. The Bertz CT molecular complexity index is 1730. The van der Waals surface area contributed by atoms with E-state index in [9.17, 15) is 14.7 Å². The maximum atomic E-state index is 13.1. The Hall–Kier alpha value is -4.00. The van der Waals surface area contributed by atoms with Crippen LogP contribution in [0.5, 0.6) is 11.5 Å². The molecule has 1 aliphatic heterocycles. The molecule has 5 rings (SSSR count). The van der Waals surface area contributed by atoms with Crippen molar-refractivity contribution in [1.82, 2.24) is 9.55 Å². The van der Waals surface area contributed by atoms with Crippen molar-refractivity contribution in [3.63, 3.8) is 0 Å². The Kier molecular flexibility index (Phi) is 11.3. The van der Waals surface area contributed by atoms with Gasteiger partial charge in [0.05, 0.1) is 27.4 Å². The van der Waals surface area contributed by atoms with Crippen molar-refractivity contribution in [2.45, 2.75) is 75.8 Å². The molecule has 11 heteroatoms. The number of ether oxygens (including phenoxy) is 4. The third-order valence-electron chi connectivity index (χ3n) is 10.1. The molecule has 0 radical (unpaired) electrons. The normalized spacial score (nSPS) is 19.6. The van der Waals surface area contributed by atoms with E-state index in [0.29, 0.717) is 17.1 Å². The standard InChI is InChI=1S/C38H48N2O8Si/c1-7-49(8-2,9-3)48-37(26-41)23-34(40-24-27(4)35(42)39-36(40)43)47-33(37)25-46-38(28-13-11-10-12-14-28,29-15-19-31(44-5)20-16-29)30-17-21-32(45-6)22-18-30/h10-22,24,33-34,41H,7-9,23,25-26H2,1-6H3,(H,39,42,43)/t33-,34-,37-/m1/s1. The van der Waals surface area contributed by atoms with Crippen molar-refractivity contribution in [2.75, 3.05) is 27.4 Å². The second-order valence-electron chi connectivity index (χ2n) is 12.6. The molecular formula is C38H48N2O8Si. The molecule has 10 nitrogen and oxygen atoms in total. The smallest absolute Gasteiger partial charge is 0.330 e. The quantitative estimate of drug-likeness (QED) is 0.117. The molecule has 0 unspecified atom stereocenters. The Morgan fingerprint density at radius 1 is 0.878 bits per heavy atom. The van der Waals surface area contributed by atoms with Crippen molar-refractivity contribution < 1.29 is 28.5 Å². The summed E-state index contributed by atoms with van der Waals surface area (Å²) < 4.78 is 33.4. The molecule has 0 spiro atoms. The van der Waals surface area contributed by atoms with Gasteiger partial charge in [0.2, 0.25) is 0 Å². The van der Waals surface area contributed by atoms with Crippen molar-refractivity contribution in [2.24, 2.45) is 0 Å². The van der Waals surface area contributed by atoms with E-state index in [4.69, 9.17) is 23.4 Å². The number of H-pyrrole nitrogens is 1. The lowest BCUT2D eigenvalue weighted by atomic mass is 9.79. The molecule has 49 heavy (non-hydrogen) atoms. The van der Waals surface area contributed by atoms with Crippen LogP contribution in [0.15, 0.2) is 94.6 Å². The minimum absolute atomic E-state index is 0.00270. The number of aliphatic hydroxyl groups excluding tert-OH is 1. The van der Waals surface area contributed by atoms with E-state index in [1.54, 1.807) is 21.1 Å². The molecule has 1 aliphatic rings. The Balaban J connectivity index is 1.66. The van der Waals surface area contributed by atoms with Crippen LogP contribution in [0.25, 0.3) is 0 Å². The van der Waals surface area contributed by atoms with E-state index >= 15 is 0 Å². The van der Waals surface area contributed by atoms with E-state index in [-0.39, 0.29) is 19.6 Å². The second kappa shape index (κ2) is 15.3. The summed E-state index contributed by atoms with van der Waals surface area (Å²) in [7, 11) is 0.918. The molecule has 3 aromatic carbocycles. The molecular weight excluding hydrogens is 641 g/mol. The molecule has 0 amide bonds. The van der Waals surface area contributed by atoms with E-state index in [0.717, 1.165) is 34.8 Å². The first-order valence-corrected chi connectivity index (χ1v) is 19.4. The third kappa shape index (κ3) is 7.04. The highest BCUT2D eigenvalue weighted by Crippen LogP contribution is 2.46. The first-order chi connectivity index (χ1) is 23.6. The van der Waals surface area contributed by atoms with Crippen LogP contribution in [-0.2, 0) is 19.5 Å². The largest absolute Gasteiger partial charge is 0.497 e. The van der Waals surface area contributed by atoms with Gasteiger partial charge in [-0.15, -0.1) is 0 Å². The van der Waals surface area contributed by atoms with E-state index in [1.807, 2.05) is 78.9 Å². The molecule has 0 aliphatic carbocycles. The van der Waals surface area contributed by atoms with Gasteiger partial charge in [-0.1, -0.05) is 75.4 Å². The van der Waals surface area contributed by atoms with Crippen LogP contribution in [0.4, 0.5) is 0 Å². The van der Waals surface area contributed by atoms with Crippen LogP contribution in [0.3, 0.4) is 0 Å². The van der Waals surface area contributed by atoms with Gasteiger partial charge in [0, 0.05) is 18.2 Å². The second-order valence-corrected chi connectivity index (χ2v) is 17.3.